The van der Waals surface area contributed by atoms with Gasteiger partial charge < -0.3 is 5.73 Å². The van der Waals surface area contributed by atoms with E-state index in [-0.39, 0.29) is 4.90 Å². The summed E-state index contributed by atoms with van der Waals surface area (Å²) in [5, 5.41) is 6.69. The van der Waals surface area contributed by atoms with E-state index in [1.54, 1.807) is 26.0 Å². The van der Waals surface area contributed by atoms with E-state index in [1.807, 2.05) is 19.1 Å². The number of nitrogens with one attached hydrogen (secondary N) is 1. The first-order chi connectivity index (χ1) is 9.86. The summed E-state index contributed by atoms with van der Waals surface area (Å²) in [7, 11) is -3.57. The van der Waals surface area contributed by atoms with Crippen molar-refractivity contribution in [1.29, 1.82) is 0 Å². The van der Waals surface area contributed by atoms with E-state index < -0.39 is 10.0 Å². The highest BCUT2D eigenvalue weighted by Crippen LogP contribution is 2.23. The molecule has 0 unspecified atom stereocenters. The lowest BCUT2D eigenvalue weighted by Crippen LogP contribution is -2.31. The molecule has 7 heteroatoms. The molecule has 2 aromatic rings. The van der Waals surface area contributed by atoms with Crippen LogP contribution < -0.4 is 5.73 Å². The Labute approximate surface area is 125 Å². The number of aromatic nitrogens is 2. The van der Waals surface area contributed by atoms with E-state index in [2.05, 4.69) is 10.2 Å². The van der Waals surface area contributed by atoms with Crippen molar-refractivity contribution < 1.29 is 8.42 Å². The number of nitrogen functional groups attached to an aromatic ring is 1. The molecule has 1 heterocycles. The maximum Gasteiger partial charge on any atom is 0.247 e. The largest absolute Gasteiger partial charge is 0.399 e. The number of benzene rings is 1. The molecule has 1 aromatic carbocycles. The molecular formula is C14H20N4O2S. The van der Waals surface area contributed by atoms with E-state index in [4.69, 9.17) is 5.73 Å². The van der Waals surface area contributed by atoms with Crippen molar-refractivity contribution in [3.63, 3.8) is 0 Å². The Morgan fingerprint density at radius 3 is 2.33 bits per heavy atom. The van der Waals surface area contributed by atoms with Crippen LogP contribution in [-0.2, 0) is 16.6 Å². The fraction of sp³-hybridized carbons (Fsp3) is 0.357. The molecular weight excluding hydrogens is 288 g/mol. The predicted octanol–water partition coefficient (Wildman–Crippen LogP) is 1.82. The lowest BCUT2D eigenvalue weighted by molar-refractivity contribution is 0.423. The maximum atomic E-state index is 12.8. The van der Waals surface area contributed by atoms with Gasteiger partial charge in [0.2, 0.25) is 10.0 Å². The van der Waals surface area contributed by atoms with Crippen molar-refractivity contribution in [2.75, 3.05) is 12.3 Å². The number of H-pyrrole nitrogens is 1. The second kappa shape index (κ2) is 5.87. The van der Waals surface area contributed by atoms with Gasteiger partial charge >= 0.3 is 0 Å². The van der Waals surface area contributed by atoms with Gasteiger partial charge in [-0.3, -0.25) is 5.10 Å². The van der Waals surface area contributed by atoms with Gasteiger partial charge in [0.05, 0.1) is 11.4 Å². The van der Waals surface area contributed by atoms with Crippen molar-refractivity contribution in [1.82, 2.24) is 14.5 Å². The van der Waals surface area contributed by atoms with Crippen LogP contribution in [0.1, 0.15) is 23.9 Å². The van der Waals surface area contributed by atoms with E-state index >= 15 is 0 Å². The monoisotopic (exact) mass is 308 g/mol. The van der Waals surface area contributed by atoms with Crippen LogP contribution in [0.4, 0.5) is 5.69 Å². The first-order valence-corrected chi connectivity index (χ1v) is 8.16. The van der Waals surface area contributed by atoms with Gasteiger partial charge in [-0.05, 0) is 31.5 Å². The third-order valence-electron chi connectivity index (χ3n) is 3.35. The summed E-state index contributed by atoms with van der Waals surface area (Å²) < 4.78 is 27.0. The SMILES string of the molecule is CCN(Cc1ccc(N)cc1)S(=O)(=O)c1c(C)n[nH]c1C. The summed E-state index contributed by atoms with van der Waals surface area (Å²) in [6.07, 6.45) is 0. The topological polar surface area (TPSA) is 92.1 Å². The minimum atomic E-state index is -3.57. The van der Waals surface area contributed by atoms with Crippen LogP contribution in [0.25, 0.3) is 0 Å². The highest BCUT2D eigenvalue weighted by Gasteiger charge is 2.28. The minimum absolute atomic E-state index is 0.264. The molecule has 0 aliphatic carbocycles. The fourth-order valence-electron chi connectivity index (χ4n) is 2.24. The zero-order valence-electron chi connectivity index (χ0n) is 12.4. The Morgan fingerprint density at radius 1 is 1.24 bits per heavy atom. The number of rotatable bonds is 5. The van der Waals surface area contributed by atoms with E-state index in [0.29, 0.717) is 30.2 Å². The zero-order valence-corrected chi connectivity index (χ0v) is 13.2. The molecule has 0 bridgehead atoms. The summed E-state index contributed by atoms with van der Waals surface area (Å²) in [4.78, 5) is 0.264. The summed E-state index contributed by atoms with van der Waals surface area (Å²) >= 11 is 0. The summed E-state index contributed by atoms with van der Waals surface area (Å²) in [6, 6.07) is 7.21. The molecule has 0 atom stereocenters. The van der Waals surface area contributed by atoms with Gasteiger partial charge in [-0.15, -0.1) is 0 Å². The molecule has 0 saturated carbocycles. The van der Waals surface area contributed by atoms with Gasteiger partial charge in [0.15, 0.2) is 0 Å². The smallest absolute Gasteiger partial charge is 0.247 e. The summed E-state index contributed by atoms with van der Waals surface area (Å²) in [5.41, 5.74) is 8.25. The Balaban J connectivity index is 2.34. The minimum Gasteiger partial charge on any atom is -0.399 e. The highest BCUT2D eigenvalue weighted by atomic mass is 32.2. The normalized spacial score (nSPS) is 12.0. The van der Waals surface area contributed by atoms with Gasteiger partial charge in [-0.2, -0.15) is 9.40 Å². The molecule has 21 heavy (non-hydrogen) atoms. The van der Waals surface area contributed by atoms with Gasteiger partial charge in [0.25, 0.3) is 0 Å². The number of hydrogen-bond donors (Lipinski definition) is 2. The third kappa shape index (κ3) is 3.08. The van der Waals surface area contributed by atoms with Crippen LogP contribution in [0.3, 0.4) is 0 Å². The molecule has 0 spiro atoms. The third-order valence-corrected chi connectivity index (χ3v) is 5.53. The van der Waals surface area contributed by atoms with Crippen molar-refractivity contribution in [3.8, 4) is 0 Å². The second-order valence-corrected chi connectivity index (χ2v) is 6.81. The molecule has 0 fully saturated rings. The zero-order chi connectivity index (χ0) is 15.6. The number of aromatic amines is 1. The average Bonchev–Trinajstić information content (AvgIpc) is 2.77. The van der Waals surface area contributed by atoms with Gasteiger partial charge in [0.1, 0.15) is 4.90 Å². The number of aryl methyl sites for hydroxylation is 2. The molecule has 114 valence electrons. The predicted molar refractivity (Wildman–Crippen MR) is 82.2 cm³/mol. The van der Waals surface area contributed by atoms with Crippen LogP contribution in [0.5, 0.6) is 0 Å². The van der Waals surface area contributed by atoms with Crippen molar-refractivity contribution in [2.45, 2.75) is 32.2 Å². The lowest BCUT2D eigenvalue weighted by atomic mass is 10.2. The van der Waals surface area contributed by atoms with Crippen molar-refractivity contribution in [2.24, 2.45) is 0 Å². The molecule has 1 aromatic heterocycles. The molecule has 0 aliphatic heterocycles. The molecule has 3 N–H and O–H groups in total. The number of anilines is 1. The van der Waals surface area contributed by atoms with E-state index in [1.165, 1.54) is 4.31 Å². The number of nitrogens with zero attached hydrogens (tertiary/aromatic N) is 2. The number of hydrogen-bond acceptors (Lipinski definition) is 4. The van der Waals surface area contributed by atoms with Crippen molar-refractivity contribution in [3.05, 3.63) is 41.2 Å². The fourth-order valence-corrected chi connectivity index (χ4v) is 4.01. The first-order valence-electron chi connectivity index (χ1n) is 6.72. The number of nitrogens with two attached hydrogens (primary N) is 1. The Bertz CT molecular complexity index is 700. The second-order valence-electron chi connectivity index (χ2n) is 4.94. The average molecular weight is 308 g/mol. The van der Waals surface area contributed by atoms with Crippen LogP contribution in [0.15, 0.2) is 29.2 Å². The Morgan fingerprint density at radius 2 is 1.86 bits per heavy atom. The molecule has 0 aliphatic rings. The van der Waals surface area contributed by atoms with Gasteiger partial charge in [-0.25, -0.2) is 8.42 Å². The summed E-state index contributed by atoms with van der Waals surface area (Å²) in [6.45, 7) is 5.91. The molecule has 6 nitrogen and oxygen atoms in total. The summed E-state index contributed by atoms with van der Waals surface area (Å²) in [5.74, 6) is 0. The first kappa shape index (κ1) is 15.5. The van der Waals surface area contributed by atoms with Crippen molar-refractivity contribution >= 4 is 15.7 Å². The van der Waals surface area contributed by atoms with Crippen LogP contribution >= 0.6 is 0 Å². The van der Waals surface area contributed by atoms with E-state index in [0.717, 1.165) is 5.56 Å². The highest BCUT2D eigenvalue weighted by molar-refractivity contribution is 7.89. The van der Waals surface area contributed by atoms with Crippen LogP contribution in [0, 0.1) is 13.8 Å². The Kier molecular flexibility index (Phi) is 4.34. The molecule has 0 saturated heterocycles. The van der Waals surface area contributed by atoms with Gasteiger partial charge in [0, 0.05) is 18.8 Å². The Hall–Kier alpha value is -1.86. The molecule has 2 rings (SSSR count). The van der Waals surface area contributed by atoms with Crippen LogP contribution in [0.2, 0.25) is 0 Å². The maximum absolute atomic E-state index is 12.8. The van der Waals surface area contributed by atoms with E-state index in [9.17, 15) is 8.42 Å². The standard InChI is InChI=1S/C14H20N4O2S/c1-4-18(9-12-5-7-13(15)8-6-12)21(19,20)14-10(2)16-17-11(14)3/h5-8H,4,9,15H2,1-3H3,(H,16,17). The molecule has 0 radical (unpaired) electrons. The lowest BCUT2D eigenvalue weighted by Gasteiger charge is -2.20. The van der Waals surface area contributed by atoms with Gasteiger partial charge in [-0.1, -0.05) is 19.1 Å². The molecule has 0 amide bonds. The van der Waals surface area contributed by atoms with Crippen LogP contribution in [-0.4, -0.2) is 29.5 Å². The number of sulfonamides is 1. The quantitative estimate of drug-likeness (QED) is 0.824.